The van der Waals surface area contributed by atoms with Crippen molar-refractivity contribution in [1.29, 1.82) is 0 Å². The van der Waals surface area contributed by atoms with Crippen molar-refractivity contribution in [2.75, 3.05) is 10.6 Å². The van der Waals surface area contributed by atoms with Crippen LogP contribution in [0.4, 0.5) is 15.9 Å². The van der Waals surface area contributed by atoms with E-state index in [0.717, 1.165) is 16.5 Å². The number of benzene rings is 2. The highest BCUT2D eigenvalue weighted by Crippen LogP contribution is 2.31. The second-order valence-electron chi connectivity index (χ2n) is 5.73. The van der Waals surface area contributed by atoms with E-state index in [2.05, 4.69) is 20.8 Å². The number of halogens is 1. The Morgan fingerprint density at radius 1 is 1.08 bits per heavy atom. The van der Waals surface area contributed by atoms with Gasteiger partial charge < -0.3 is 10.6 Å². The van der Waals surface area contributed by atoms with Gasteiger partial charge in [-0.1, -0.05) is 18.2 Å². The third-order valence-electron chi connectivity index (χ3n) is 3.55. The molecule has 1 aromatic heterocycles. The summed E-state index contributed by atoms with van der Waals surface area (Å²) in [6.45, 7) is 4.00. The van der Waals surface area contributed by atoms with Gasteiger partial charge in [0.25, 0.3) is 0 Å². The molecule has 122 valence electrons. The number of aromatic nitrogens is 2. The number of carbonyl (C=O) groups is 1. The lowest BCUT2D eigenvalue weighted by atomic mass is 10.0. The molecule has 0 atom stereocenters. The van der Waals surface area contributed by atoms with E-state index in [1.54, 1.807) is 6.07 Å². The average molecular weight is 324 g/mol. The quantitative estimate of drug-likeness (QED) is 0.700. The van der Waals surface area contributed by atoms with Gasteiger partial charge in [-0.05, 0) is 49.2 Å². The second kappa shape index (κ2) is 6.62. The standard InChI is InChI=1S/C18H17FN4O/c1-11(2)21-17-15-7-6-13(12-4-3-5-14(19)8-12)9-16(15)22-23-18(17)20-10-24/h3-11H,1-2H3,(H,21,22)(H,20,23,24). The molecule has 1 amide bonds. The first-order valence-corrected chi connectivity index (χ1v) is 7.61. The summed E-state index contributed by atoms with van der Waals surface area (Å²) in [4.78, 5) is 10.8. The van der Waals surface area contributed by atoms with Crippen LogP contribution in [-0.2, 0) is 4.79 Å². The van der Waals surface area contributed by atoms with Crippen molar-refractivity contribution in [3.8, 4) is 11.1 Å². The van der Waals surface area contributed by atoms with E-state index >= 15 is 0 Å². The predicted octanol–water partition coefficient (Wildman–Crippen LogP) is 3.82. The number of anilines is 2. The molecule has 0 spiro atoms. The van der Waals surface area contributed by atoms with Crippen LogP contribution in [0.5, 0.6) is 0 Å². The molecule has 0 saturated heterocycles. The number of nitrogens with one attached hydrogen (secondary N) is 2. The Bertz CT molecular complexity index is 895. The molecule has 3 rings (SSSR count). The molecule has 2 aromatic carbocycles. The van der Waals surface area contributed by atoms with Crippen LogP contribution in [-0.4, -0.2) is 22.6 Å². The van der Waals surface area contributed by atoms with E-state index < -0.39 is 0 Å². The van der Waals surface area contributed by atoms with Crippen LogP contribution in [0, 0.1) is 5.82 Å². The molecule has 0 saturated carbocycles. The lowest BCUT2D eigenvalue weighted by Crippen LogP contribution is -2.13. The molecular formula is C18H17FN4O. The van der Waals surface area contributed by atoms with Crippen LogP contribution < -0.4 is 10.6 Å². The summed E-state index contributed by atoms with van der Waals surface area (Å²) in [6, 6.07) is 12.2. The maximum absolute atomic E-state index is 13.4. The zero-order chi connectivity index (χ0) is 17.1. The highest BCUT2D eigenvalue weighted by atomic mass is 19.1. The number of amides is 1. The fourth-order valence-electron chi connectivity index (χ4n) is 2.55. The van der Waals surface area contributed by atoms with Crippen LogP contribution in [0.25, 0.3) is 22.0 Å². The van der Waals surface area contributed by atoms with Crippen molar-refractivity contribution >= 4 is 28.8 Å². The number of nitrogens with zero attached hydrogens (tertiary/aromatic N) is 2. The Balaban J connectivity index is 2.14. The number of hydrogen-bond acceptors (Lipinski definition) is 4. The molecule has 0 bridgehead atoms. The first kappa shape index (κ1) is 15.9. The van der Waals surface area contributed by atoms with Crippen molar-refractivity contribution in [1.82, 2.24) is 10.2 Å². The molecular weight excluding hydrogens is 307 g/mol. The molecule has 0 radical (unpaired) electrons. The molecule has 0 aliphatic rings. The van der Waals surface area contributed by atoms with E-state index in [1.807, 2.05) is 38.1 Å². The van der Waals surface area contributed by atoms with Crippen molar-refractivity contribution in [3.05, 3.63) is 48.3 Å². The SMILES string of the molecule is CC(C)Nc1c(NC=O)nnc2cc(-c3cccc(F)c3)ccc12. The van der Waals surface area contributed by atoms with E-state index in [0.29, 0.717) is 23.4 Å². The molecule has 0 aliphatic carbocycles. The maximum Gasteiger partial charge on any atom is 0.212 e. The molecule has 6 heteroatoms. The number of hydrogen-bond donors (Lipinski definition) is 2. The highest BCUT2D eigenvalue weighted by Gasteiger charge is 2.12. The number of carbonyl (C=O) groups excluding carboxylic acids is 1. The van der Waals surface area contributed by atoms with Crippen LogP contribution in [0.2, 0.25) is 0 Å². The van der Waals surface area contributed by atoms with Gasteiger partial charge in [-0.15, -0.1) is 10.2 Å². The summed E-state index contributed by atoms with van der Waals surface area (Å²) in [7, 11) is 0. The third-order valence-corrected chi connectivity index (χ3v) is 3.55. The zero-order valence-electron chi connectivity index (χ0n) is 13.4. The fourth-order valence-corrected chi connectivity index (χ4v) is 2.55. The smallest absolute Gasteiger partial charge is 0.212 e. The minimum absolute atomic E-state index is 0.160. The van der Waals surface area contributed by atoms with E-state index in [-0.39, 0.29) is 11.9 Å². The molecule has 0 unspecified atom stereocenters. The topological polar surface area (TPSA) is 66.9 Å². The molecule has 0 fully saturated rings. The van der Waals surface area contributed by atoms with Crippen molar-refractivity contribution in [2.24, 2.45) is 0 Å². The van der Waals surface area contributed by atoms with Crippen LogP contribution in [0.1, 0.15) is 13.8 Å². The Kier molecular flexibility index (Phi) is 4.37. The first-order chi connectivity index (χ1) is 11.6. The van der Waals surface area contributed by atoms with Gasteiger partial charge in [0, 0.05) is 11.4 Å². The summed E-state index contributed by atoms with van der Waals surface area (Å²) < 4.78 is 13.4. The molecule has 5 nitrogen and oxygen atoms in total. The highest BCUT2D eigenvalue weighted by molar-refractivity contribution is 5.99. The molecule has 3 aromatic rings. The molecule has 2 N–H and O–H groups in total. The van der Waals surface area contributed by atoms with Gasteiger partial charge in [-0.3, -0.25) is 4.79 Å². The van der Waals surface area contributed by atoms with E-state index in [4.69, 9.17) is 0 Å². The lowest BCUT2D eigenvalue weighted by molar-refractivity contribution is -0.105. The Hall–Kier alpha value is -3.02. The van der Waals surface area contributed by atoms with Gasteiger partial charge >= 0.3 is 0 Å². The van der Waals surface area contributed by atoms with Gasteiger partial charge in [0.2, 0.25) is 6.41 Å². The van der Waals surface area contributed by atoms with Crippen molar-refractivity contribution in [2.45, 2.75) is 19.9 Å². The second-order valence-corrected chi connectivity index (χ2v) is 5.73. The van der Waals surface area contributed by atoms with Gasteiger partial charge in [-0.2, -0.15) is 0 Å². The van der Waals surface area contributed by atoms with Crippen LogP contribution in [0.15, 0.2) is 42.5 Å². The lowest BCUT2D eigenvalue weighted by Gasteiger charge is -2.15. The largest absolute Gasteiger partial charge is 0.379 e. The minimum Gasteiger partial charge on any atom is -0.379 e. The summed E-state index contributed by atoms with van der Waals surface area (Å²) in [5.41, 5.74) is 3.00. The summed E-state index contributed by atoms with van der Waals surface area (Å²) >= 11 is 0. The van der Waals surface area contributed by atoms with Gasteiger partial charge in [0.05, 0.1) is 11.2 Å². The van der Waals surface area contributed by atoms with Gasteiger partial charge in [0.1, 0.15) is 5.82 Å². The average Bonchev–Trinajstić information content (AvgIpc) is 2.56. The van der Waals surface area contributed by atoms with Crippen molar-refractivity contribution in [3.63, 3.8) is 0 Å². The van der Waals surface area contributed by atoms with Gasteiger partial charge in [-0.25, -0.2) is 4.39 Å². The van der Waals surface area contributed by atoms with Gasteiger partial charge in [0.15, 0.2) is 5.82 Å². The first-order valence-electron chi connectivity index (χ1n) is 7.61. The van der Waals surface area contributed by atoms with E-state index in [1.165, 1.54) is 12.1 Å². The Labute approximate surface area is 138 Å². The summed E-state index contributed by atoms with van der Waals surface area (Å²) in [5.74, 6) is 0.0936. The summed E-state index contributed by atoms with van der Waals surface area (Å²) in [6.07, 6.45) is 0.572. The monoisotopic (exact) mass is 324 g/mol. The van der Waals surface area contributed by atoms with Crippen LogP contribution in [0.3, 0.4) is 0 Å². The Morgan fingerprint density at radius 2 is 1.88 bits per heavy atom. The Morgan fingerprint density at radius 3 is 2.58 bits per heavy atom. The van der Waals surface area contributed by atoms with Crippen LogP contribution >= 0.6 is 0 Å². The predicted molar refractivity (Wildman–Crippen MR) is 93.4 cm³/mol. The summed E-state index contributed by atoms with van der Waals surface area (Å²) in [5, 5.41) is 14.9. The van der Waals surface area contributed by atoms with E-state index in [9.17, 15) is 9.18 Å². The zero-order valence-corrected chi connectivity index (χ0v) is 13.4. The minimum atomic E-state index is -0.286. The molecule has 1 heterocycles. The number of fused-ring (bicyclic) bond motifs is 1. The normalized spacial score (nSPS) is 10.8. The molecule has 24 heavy (non-hydrogen) atoms. The number of rotatable bonds is 5. The fraction of sp³-hybridized carbons (Fsp3) is 0.167. The maximum atomic E-state index is 13.4. The molecule has 0 aliphatic heterocycles. The third kappa shape index (κ3) is 3.17. The van der Waals surface area contributed by atoms with Crippen molar-refractivity contribution < 1.29 is 9.18 Å².